The molecule has 2 unspecified atom stereocenters. The minimum Gasteiger partial charge on any atom is -0.406 e. The van der Waals surface area contributed by atoms with Gasteiger partial charge in [-0.25, -0.2) is 13.1 Å². The number of benzene rings is 1. The van der Waals surface area contributed by atoms with Gasteiger partial charge in [0, 0.05) is 23.7 Å². The second-order valence-corrected chi connectivity index (χ2v) is 12.6. The van der Waals surface area contributed by atoms with Crippen molar-refractivity contribution in [3.63, 3.8) is 0 Å². The average molecular weight is 527 g/mol. The number of halogens is 3. The lowest BCUT2D eigenvalue weighted by Crippen LogP contribution is -2.69. The van der Waals surface area contributed by atoms with E-state index in [1.165, 1.54) is 12.1 Å². The van der Waals surface area contributed by atoms with E-state index in [2.05, 4.69) is 20.8 Å². The second-order valence-electron chi connectivity index (χ2n) is 10.9. The van der Waals surface area contributed by atoms with Crippen molar-refractivity contribution in [3.05, 3.63) is 24.3 Å². The van der Waals surface area contributed by atoms with E-state index in [1.807, 2.05) is 0 Å². The van der Waals surface area contributed by atoms with Gasteiger partial charge in [-0.3, -0.25) is 4.79 Å². The SMILES string of the molecule is N#C[C@H]1CCCN1C(=O)CNC12CC3CC(C1)CC(NS(=O)(=O)c1cccc(OC(F)(F)F)c1)(C3)C2. The Kier molecular flexibility index (Phi) is 6.24. The molecule has 1 aromatic carbocycles. The normalized spacial score (nSPS) is 33.5. The fourth-order valence-electron chi connectivity index (χ4n) is 7.34. The molecule has 5 aliphatic rings. The van der Waals surface area contributed by atoms with Crippen LogP contribution in [0.4, 0.5) is 13.2 Å². The van der Waals surface area contributed by atoms with E-state index in [4.69, 9.17) is 0 Å². The van der Waals surface area contributed by atoms with E-state index in [0.717, 1.165) is 37.8 Å². The van der Waals surface area contributed by atoms with Gasteiger partial charge in [0.25, 0.3) is 0 Å². The number of carbonyl (C=O) groups is 1. The Labute approximate surface area is 208 Å². The highest BCUT2D eigenvalue weighted by molar-refractivity contribution is 7.89. The monoisotopic (exact) mass is 526 g/mol. The quantitative estimate of drug-likeness (QED) is 0.565. The Bertz CT molecular complexity index is 1170. The molecule has 2 N–H and O–H groups in total. The van der Waals surface area contributed by atoms with Gasteiger partial charge < -0.3 is 15.0 Å². The van der Waals surface area contributed by atoms with Crippen molar-refractivity contribution in [2.45, 2.75) is 79.7 Å². The fourth-order valence-corrected chi connectivity index (χ4v) is 8.79. The molecule has 3 atom stereocenters. The van der Waals surface area contributed by atoms with Gasteiger partial charge in [0.15, 0.2) is 0 Å². The Hall–Kier alpha value is -2.36. The van der Waals surface area contributed by atoms with Crippen LogP contribution in [0, 0.1) is 23.2 Å². The summed E-state index contributed by atoms with van der Waals surface area (Å²) in [5.74, 6) is -0.138. The number of nitrogens with one attached hydrogen (secondary N) is 2. The number of alkyl halides is 3. The van der Waals surface area contributed by atoms with E-state index >= 15 is 0 Å². The molecule has 196 valence electrons. The molecule has 36 heavy (non-hydrogen) atoms. The lowest BCUT2D eigenvalue weighted by atomic mass is 9.50. The van der Waals surface area contributed by atoms with E-state index in [9.17, 15) is 31.6 Å². The maximum atomic E-state index is 13.3. The highest BCUT2D eigenvalue weighted by Gasteiger charge is 2.58. The van der Waals surface area contributed by atoms with Crippen molar-refractivity contribution in [2.24, 2.45) is 11.8 Å². The number of nitriles is 1. The van der Waals surface area contributed by atoms with Crippen LogP contribution in [0.2, 0.25) is 0 Å². The maximum Gasteiger partial charge on any atom is 0.573 e. The maximum absolute atomic E-state index is 13.3. The summed E-state index contributed by atoms with van der Waals surface area (Å²) in [4.78, 5) is 14.2. The molecule has 1 heterocycles. The van der Waals surface area contributed by atoms with E-state index in [1.54, 1.807) is 4.90 Å². The molecular weight excluding hydrogens is 497 g/mol. The fraction of sp³-hybridized carbons (Fsp3) is 0.667. The van der Waals surface area contributed by atoms with Gasteiger partial charge in [-0.1, -0.05) is 6.07 Å². The minimum atomic E-state index is -4.92. The summed E-state index contributed by atoms with van der Waals surface area (Å²) in [7, 11) is -4.12. The lowest BCUT2D eigenvalue weighted by molar-refractivity contribution is -0.274. The Morgan fingerprint density at radius 3 is 2.56 bits per heavy atom. The summed E-state index contributed by atoms with van der Waals surface area (Å²) < 4.78 is 71.2. The van der Waals surface area contributed by atoms with Crippen molar-refractivity contribution in [1.29, 1.82) is 5.26 Å². The third kappa shape index (κ3) is 5.06. The Balaban J connectivity index is 1.32. The minimum absolute atomic E-state index is 0.0945. The Morgan fingerprint density at radius 2 is 1.89 bits per heavy atom. The van der Waals surface area contributed by atoms with Gasteiger partial charge in [0.2, 0.25) is 15.9 Å². The number of sulfonamides is 1. The zero-order valence-electron chi connectivity index (χ0n) is 19.7. The predicted molar refractivity (Wildman–Crippen MR) is 122 cm³/mol. The summed E-state index contributed by atoms with van der Waals surface area (Å²) in [5.41, 5.74) is -1.13. The van der Waals surface area contributed by atoms with Crippen LogP contribution >= 0.6 is 0 Å². The van der Waals surface area contributed by atoms with Crippen molar-refractivity contribution < 1.29 is 31.1 Å². The first-order valence-corrected chi connectivity index (χ1v) is 13.7. The van der Waals surface area contributed by atoms with Crippen molar-refractivity contribution in [1.82, 2.24) is 14.9 Å². The number of amides is 1. The van der Waals surface area contributed by atoms with E-state index in [-0.39, 0.29) is 29.2 Å². The molecule has 8 nitrogen and oxygen atoms in total. The third-order valence-corrected chi connectivity index (χ3v) is 9.67. The molecule has 4 bridgehead atoms. The number of carbonyl (C=O) groups excluding carboxylic acids is 1. The van der Waals surface area contributed by atoms with Gasteiger partial charge in [-0.15, -0.1) is 13.2 Å². The summed E-state index contributed by atoms with van der Waals surface area (Å²) in [6, 6.07) is 6.19. The molecule has 0 radical (unpaired) electrons. The standard InChI is InChI=1S/C24H29F3N4O4S/c25-24(26,27)35-19-4-1-5-20(8-19)36(33,34)30-23-11-16-7-17(12-23)10-22(9-16,15-23)29-14-21(32)31-6-2-3-18(31)13-28/h1,4-5,8,16-18,29-30H,2-3,6-7,9-12,14-15H2/t16?,17?,18-,22?,23?/m1/s1. The summed E-state index contributed by atoms with van der Waals surface area (Å²) >= 11 is 0. The van der Waals surface area contributed by atoms with Crippen LogP contribution in [0.15, 0.2) is 29.2 Å². The number of hydrogen-bond acceptors (Lipinski definition) is 6. The van der Waals surface area contributed by atoms with Crippen LogP contribution in [0.1, 0.15) is 51.4 Å². The van der Waals surface area contributed by atoms with Crippen LogP contribution in [0.3, 0.4) is 0 Å². The third-order valence-electron chi connectivity index (χ3n) is 8.10. The molecule has 1 aromatic rings. The molecule has 1 aliphatic heterocycles. The number of ether oxygens (including phenoxy) is 1. The van der Waals surface area contributed by atoms with E-state index in [0.29, 0.717) is 32.2 Å². The van der Waals surface area contributed by atoms with Gasteiger partial charge in [-0.05, 0) is 75.3 Å². The van der Waals surface area contributed by atoms with Gasteiger partial charge in [-0.2, -0.15) is 5.26 Å². The first-order valence-electron chi connectivity index (χ1n) is 12.2. The van der Waals surface area contributed by atoms with Gasteiger partial charge in [0.1, 0.15) is 11.8 Å². The summed E-state index contributed by atoms with van der Waals surface area (Å²) in [6.07, 6.45) is 1.06. The predicted octanol–water partition coefficient (Wildman–Crippen LogP) is 3.06. The van der Waals surface area contributed by atoms with Crippen LogP contribution in [-0.2, 0) is 14.8 Å². The summed E-state index contributed by atoms with van der Waals surface area (Å²) in [6.45, 7) is 0.662. The molecule has 4 saturated carbocycles. The van der Waals surface area contributed by atoms with Crippen LogP contribution < -0.4 is 14.8 Å². The number of rotatable bonds is 7. The van der Waals surface area contributed by atoms with Crippen molar-refractivity contribution >= 4 is 15.9 Å². The molecule has 1 saturated heterocycles. The molecule has 5 fully saturated rings. The number of hydrogen-bond donors (Lipinski definition) is 2. The van der Waals surface area contributed by atoms with Crippen LogP contribution in [-0.4, -0.2) is 55.8 Å². The molecule has 12 heteroatoms. The Morgan fingerprint density at radius 1 is 1.19 bits per heavy atom. The largest absolute Gasteiger partial charge is 0.573 e. The smallest absolute Gasteiger partial charge is 0.406 e. The molecule has 0 aromatic heterocycles. The van der Waals surface area contributed by atoms with Gasteiger partial charge >= 0.3 is 6.36 Å². The average Bonchev–Trinajstić information content (AvgIpc) is 3.24. The number of nitrogens with zero attached hydrogens (tertiary/aromatic N) is 2. The second kappa shape index (κ2) is 8.89. The van der Waals surface area contributed by atoms with Gasteiger partial charge in [0.05, 0.1) is 17.5 Å². The molecule has 6 rings (SSSR count). The topological polar surface area (TPSA) is 112 Å². The molecule has 4 aliphatic carbocycles. The lowest BCUT2D eigenvalue weighted by Gasteiger charge is -2.62. The first-order chi connectivity index (χ1) is 16.9. The zero-order valence-corrected chi connectivity index (χ0v) is 20.5. The first kappa shape index (κ1) is 25.3. The van der Waals surface area contributed by atoms with Crippen molar-refractivity contribution in [2.75, 3.05) is 13.1 Å². The highest BCUT2D eigenvalue weighted by atomic mass is 32.2. The summed E-state index contributed by atoms with van der Waals surface area (Å²) in [5, 5.41) is 12.8. The van der Waals surface area contributed by atoms with Crippen molar-refractivity contribution in [3.8, 4) is 11.8 Å². The highest BCUT2D eigenvalue weighted by Crippen LogP contribution is 2.57. The number of likely N-dealkylation sites (tertiary alicyclic amines) is 1. The van der Waals surface area contributed by atoms with E-state index < -0.39 is 39.3 Å². The van der Waals surface area contributed by atoms with Crippen LogP contribution in [0.5, 0.6) is 5.75 Å². The zero-order chi connectivity index (χ0) is 25.8. The molecular formula is C24H29F3N4O4S. The molecule has 0 spiro atoms. The molecule has 1 amide bonds. The van der Waals surface area contributed by atoms with Crippen LogP contribution in [0.25, 0.3) is 0 Å².